The van der Waals surface area contributed by atoms with Gasteiger partial charge in [-0.1, -0.05) is 65.2 Å². The molecule has 0 aliphatic heterocycles. The van der Waals surface area contributed by atoms with Crippen LogP contribution in [0.4, 0.5) is 5.69 Å². The minimum atomic E-state index is -4.12. The van der Waals surface area contributed by atoms with E-state index in [1.807, 2.05) is 25.1 Å². The Morgan fingerprint density at radius 3 is 2.31 bits per heavy atom. The summed E-state index contributed by atoms with van der Waals surface area (Å²) < 4.78 is 34.1. The first kappa shape index (κ1) is 24.0. The maximum absolute atomic E-state index is 13.5. The van der Waals surface area contributed by atoms with Gasteiger partial charge in [-0.3, -0.25) is 4.79 Å². The number of anilines is 1. The van der Waals surface area contributed by atoms with Crippen LogP contribution in [0, 0.1) is 6.92 Å². The SMILES string of the molecule is CCCCc1ccc(N(C(=O)COc2cccc(Br)c2)S(=O)(=O)c2ccc(C)cc2)cc1. The first-order valence-electron chi connectivity index (χ1n) is 10.4. The fourth-order valence-corrected chi connectivity index (χ4v) is 4.96. The highest BCUT2D eigenvalue weighted by molar-refractivity contribution is 9.10. The normalized spacial score (nSPS) is 11.2. The monoisotopic (exact) mass is 515 g/mol. The Kier molecular flexibility index (Phi) is 8.10. The second-order valence-corrected chi connectivity index (χ2v) is 10.2. The molecule has 0 aliphatic carbocycles. The molecule has 32 heavy (non-hydrogen) atoms. The van der Waals surface area contributed by atoms with E-state index in [0.29, 0.717) is 5.75 Å². The van der Waals surface area contributed by atoms with E-state index in [-0.39, 0.29) is 10.6 Å². The summed E-state index contributed by atoms with van der Waals surface area (Å²) in [5.41, 5.74) is 2.31. The molecule has 3 aromatic carbocycles. The smallest absolute Gasteiger partial charge is 0.278 e. The number of aryl methyl sites for hydroxylation is 2. The molecule has 3 aromatic rings. The van der Waals surface area contributed by atoms with E-state index in [9.17, 15) is 13.2 Å². The number of nitrogens with zero attached hydrogens (tertiary/aromatic N) is 1. The average molecular weight is 516 g/mol. The lowest BCUT2D eigenvalue weighted by Gasteiger charge is -2.23. The van der Waals surface area contributed by atoms with Crippen molar-refractivity contribution in [3.8, 4) is 5.75 Å². The minimum Gasteiger partial charge on any atom is -0.484 e. The van der Waals surface area contributed by atoms with Gasteiger partial charge in [0, 0.05) is 4.47 Å². The Bertz CT molecular complexity index is 1160. The van der Waals surface area contributed by atoms with Crippen LogP contribution in [0.1, 0.15) is 30.9 Å². The molecule has 0 saturated carbocycles. The fourth-order valence-electron chi connectivity index (χ4n) is 3.17. The zero-order valence-corrected chi connectivity index (χ0v) is 20.5. The van der Waals surface area contributed by atoms with Crippen molar-refractivity contribution in [1.29, 1.82) is 0 Å². The summed E-state index contributed by atoms with van der Waals surface area (Å²) in [5, 5.41) is 0. The molecule has 0 N–H and O–H groups in total. The number of rotatable bonds is 9. The van der Waals surface area contributed by atoms with Crippen LogP contribution in [0.15, 0.2) is 82.2 Å². The zero-order valence-electron chi connectivity index (χ0n) is 18.1. The first-order valence-corrected chi connectivity index (χ1v) is 12.7. The molecule has 0 spiro atoms. The number of ether oxygens (including phenoxy) is 1. The van der Waals surface area contributed by atoms with Crippen molar-refractivity contribution >= 4 is 37.5 Å². The lowest BCUT2D eigenvalue weighted by Crippen LogP contribution is -2.40. The van der Waals surface area contributed by atoms with E-state index in [1.165, 1.54) is 12.1 Å². The number of halogens is 1. The van der Waals surface area contributed by atoms with Crippen LogP contribution in [-0.2, 0) is 21.2 Å². The van der Waals surface area contributed by atoms with Gasteiger partial charge in [-0.25, -0.2) is 8.42 Å². The Labute approximate surface area is 198 Å². The van der Waals surface area contributed by atoms with Crippen LogP contribution >= 0.6 is 15.9 Å². The van der Waals surface area contributed by atoms with E-state index < -0.39 is 22.5 Å². The quantitative estimate of drug-likeness (QED) is 0.355. The number of hydrogen-bond donors (Lipinski definition) is 0. The van der Waals surface area contributed by atoms with Crippen molar-refractivity contribution in [3.63, 3.8) is 0 Å². The van der Waals surface area contributed by atoms with Crippen LogP contribution < -0.4 is 9.04 Å². The summed E-state index contributed by atoms with van der Waals surface area (Å²) in [5.74, 6) is -0.206. The van der Waals surface area contributed by atoms with Gasteiger partial charge in [0.25, 0.3) is 15.9 Å². The summed E-state index contributed by atoms with van der Waals surface area (Å²) in [4.78, 5) is 13.2. The molecule has 5 nitrogen and oxygen atoms in total. The number of hydrogen-bond acceptors (Lipinski definition) is 4. The van der Waals surface area contributed by atoms with Crippen LogP contribution in [0.5, 0.6) is 5.75 Å². The molecule has 0 bridgehead atoms. The third-order valence-corrected chi connectivity index (χ3v) is 7.19. The maximum Gasteiger partial charge on any atom is 0.278 e. The molecule has 1 amide bonds. The summed E-state index contributed by atoms with van der Waals surface area (Å²) in [6, 6.07) is 20.6. The van der Waals surface area contributed by atoms with Crippen molar-refractivity contribution in [3.05, 3.63) is 88.4 Å². The molecule has 0 unspecified atom stereocenters. The predicted octanol–water partition coefficient (Wildman–Crippen LogP) is 5.90. The van der Waals surface area contributed by atoms with Crippen LogP contribution in [0.3, 0.4) is 0 Å². The Balaban J connectivity index is 1.93. The van der Waals surface area contributed by atoms with Crippen LogP contribution in [0.25, 0.3) is 0 Å². The Morgan fingerprint density at radius 1 is 1.00 bits per heavy atom. The van der Waals surface area contributed by atoms with Crippen molar-refractivity contribution in [2.75, 3.05) is 10.9 Å². The second kappa shape index (κ2) is 10.8. The number of amides is 1. The third kappa shape index (κ3) is 5.99. The highest BCUT2D eigenvalue weighted by atomic mass is 79.9. The Morgan fingerprint density at radius 2 is 1.69 bits per heavy atom. The summed E-state index contributed by atoms with van der Waals surface area (Å²) in [6.07, 6.45) is 3.02. The number of carbonyl (C=O) groups excluding carboxylic acids is 1. The van der Waals surface area contributed by atoms with Gasteiger partial charge < -0.3 is 4.74 Å². The van der Waals surface area contributed by atoms with Crippen molar-refractivity contribution in [2.24, 2.45) is 0 Å². The lowest BCUT2D eigenvalue weighted by molar-refractivity contribution is -0.119. The summed E-state index contributed by atoms with van der Waals surface area (Å²) >= 11 is 3.36. The highest BCUT2D eigenvalue weighted by Crippen LogP contribution is 2.26. The molecule has 0 atom stereocenters. The summed E-state index contributed by atoms with van der Waals surface area (Å²) in [7, 11) is -4.12. The fraction of sp³-hybridized carbons (Fsp3) is 0.240. The third-order valence-electron chi connectivity index (χ3n) is 4.93. The van der Waals surface area contributed by atoms with E-state index in [1.54, 1.807) is 42.5 Å². The van der Waals surface area contributed by atoms with Gasteiger partial charge >= 0.3 is 0 Å². The standard InChI is InChI=1S/C25H26BrNO4S/c1-3-4-6-20-11-13-22(14-12-20)27(32(29,30)24-15-9-19(2)10-16-24)25(28)18-31-23-8-5-7-21(26)17-23/h5,7-17H,3-4,6,18H2,1-2H3. The minimum absolute atomic E-state index is 0.0500. The van der Waals surface area contributed by atoms with Gasteiger partial charge in [0.1, 0.15) is 5.75 Å². The number of unbranched alkanes of at least 4 members (excludes halogenated alkanes) is 1. The number of benzene rings is 3. The molecule has 0 aliphatic rings. The second-order valence-electron chi connectivity index (χ2n) is 7.49. The molecule has 0 fully saturated rings. The van der Waals surface area contributed by atoms with Gasteiger partial charge in [0.15, 0.2) is 6.61 Å². The molecular formula is C25H26BrNO4S. The topological polar surface area (TPSA) is 63.7 Å². The molecule has 168 valence electrons. The van der Waals surface area contributed by atoms with E-state index in [2.05, 4.69) is 22.9 Å². The van der Waals surface area contributed by atoms with Crippen molar-refractivity contribution < 1.29 is 17.9 Å². The average Bonchev–Trinajstić information content (AvgIpc) is 2.77. The zero-order chi connectivity index (χ0) is 23.1. The van der Waals surface area contributed by atoms with Gasteiger partial charge in [-0.15, -0.1) is 0 Å². The Hall–Kier alpha value is -2.64. The number of sulfonamides is 1. The predicted molar refractivity (Wildman–Crippen MR) is 131 cm³/mol. The van der Waals surface area contributed by atoms with E-state index >= 15 is 0 Å². The molecule has 0 heterocycles. The van der Waals surface area contributed by atoms with Gasteiger partial charge in [0.2, 0.25) is 0 Å². The first-order chi connectivity index (χ1) is 15.3. The van der Waals surface area contributed by atoms with Gasteiger partial charge in [0.05, 0.1) is 10.6 Å². The van der Waals surface area contributed by atoms with Crippen LogP contribution in [0.2, 0.25) is 0 Å². The molecule has 0 aromatic heterocycles. The maximum atomic E-state index is 13.5. The van der Waals surface area contributed by atoms with E-state index in [4.69, 9.17) is 4.74 Å². The molecular weight excluding hydrogens is 490 g/mol. The largest absolute Gasteiger partial charge is 0.484 e. The number of carbonyl (C=O) groups is 1. The van der Waals surface area contributed by atoms with E-state index in [0.717, 1.165) is 39.2 Å². The van der Waals surface area contributed by atoms with Crippen molar-refractivity contribution in [1.82, 2.24) is 0 Å². The molecule has 7 heteroatoms. The molecule has 3 rings (SSSR count). The highest BCUT2D eigenvalue weighted by Gasteiger charge is 2.31. The molecule has 0 saturated heterocycles. The summed E-state index contributed by atoms with van der Waals surface area (Å²) in [6.45, 7) is 3.58. The van der Waals surface area contributed by atoms with Gasteiger partial charge in [-0.05, 0) is 67.8 Å². The molecule has 0 radical (unpaired) electrons. The van der Waals surface area contributed by atoms with Crippen molar-refractivity contribution in [2.45, 2.75) is 38.0 Å². The van der Waals surface area contributed by atoms with Crippen LogP contribution in [-0.4, -0.2) is 20.9 Å². The van der Waals surface area contributed by atoms with Gasteiger partial charge in [-0.2, -0.15) is 4.31 Å². The lowest BCUT2D eigenvalue weighted by atomic mass is 10.1.